The van der Waals surface area contributed by atoms with Crippen LogP contribution in [0.4, 0.5) is 0 Å². The average Bonchev–Trinajstić information content (AvgIpc) is 2.87. The summed E-state index contributed by atoms with van der Waals surface area (Å²) in [6.07, 6.45) is 0. The molecule has 0 radical (unpaired) electrons. The van der Waals surface area contributed by atoms with Gasteiger partial charge in [0.05, 0.1) is 7.11 Å². The van der Waals surface area contributed by atoms with Crippen LogP contribution in [0.3, 0.4) is 0 Å². The molecule has 1 N–H and O–H groups in total. The highest BCUT2D eigenvalue weighted by Gasteiger charge is 2.09. The minimum Gasteiger partial charge on any atom is -0.508 e. The van der Waals surface area contributed by atoms with Crippen molar-refractivity contribution in [1.29, 1.82) is 0 Å². The quantitative estimate of drug-likeness (QED) is 0.789. The molecule has 3 rings (SSSR count). The molecule has 0 aliphatic carbocycles. The number of nitrogens with zero attached hydrogens (tertiary/aromatic N) is 1. The van der Waals surface area contributed by atoms with E-state index in [4.69, 9.17) is 13.9 Å². The molecule has 102 valence electrons. The van der Waals surface area contributed by atoms with Gasteiger partial charge >= 0.3 is 0 Å². The molecule has 0 saturated carbocycles. The summed E-state index contributed by atoms with van der Waals surface area (Å²) in [5.41, 5.74) is 1.21. The molecule has 0 unspecified atom stereocenters. The van der Waals surface area contributed by atoms with Crippen LogP contribution in [0.1, 0.15) is 5.89 Å². The number of rotatable bonds is 4. The normalized spacial score (nSPS) is 10.7. The minimum atomic E-state index is 0.144. The third-order valence-corrected chi connectivity index (χ3v) is 2.84. The number of fused-ring (bicyclic) bond motifs is 1. The lowest BCUT2D eigenvalue weighted by atomic mass is 10.3. The average molecular weight is 271 g/mol. The Kier molecular flexibility index (Phi) is 3.16. The van der Waals surface area contributed by atoms with Crippen LogP contribution >= 0.6 is 0 Å². The molecule has 0 amide bonds. The second-order valence-corrected chi connectivity index (χ2v) is 4.20. The van der Waals surface area contributed by atoms with Crippen LogP contribution in [0, 0.1) is 0 Å². The number of hydrogen-bond acceptors (Lipinski definition) is 5. The van der Waals surface area contributed by atoms with Gasteiger partial charge in [0.25, 0.3) is 0 Å². The number of aromatic nitrogens is 1. The molecule has 1 aromatic heterocycles. The first-order valence-corrected chi connectivity index (χ1v) is 6.10. The first-order valence-electron chi connectivity index (χ1n) is 6.10. The van der Waals surface area contributed by atoms with E-state index in [9.17, 15) is 5.11 Å². The molecule has 0 bridgehead atoms. The van der Waals surface area contributed by atoms with E-state index in [2.05, 4.69) is 4.98 Å². The minimum absolute atomic E-state index is 0.144. The number of oxazole rings is 1. The van der Waals surface area contributed by atoms with Gasteiger partial charge in [-0.25, -0.2) is 4.98 Å². The maximum atomic E-state index is 9.38. The van der Waals surface area contributed by atoms with Crippen LogP contribution in [-0.2, 0) is 6.61 Å². The monoisotopic (exact) mass is 271 g/mol. The molecular weight excluding hydrogens is 258 g/mol. The van der Waals surface area contributed by atoms with Gasteiger partial charge in [0, 0.05) is 6.07 Å². The molecular formula is C15H13NO4. The number of methoxy groups -OCH3 is 1. The van der Waals surface area contributed by atoms with Crippen LogP contribution in [0.15, 0.2) is 46.9 Å². The Morgan fingerprint density at radius 3 is 2.75 bits per heavy atom. The van der Waals surface area contributed by atoms with Crippen LogP contribution in [0.25, 0.3) is 11.1 Å². The Morgan fingerprint density at radius 2 is 1.95 bits per heavy atom. The van der Waals surface area contributed by atoms with Gasteiger partial charge in [-0.05, 0) is 24.3 Å². The standard InChI is InChI=1S/C15H13NO4/c1-18-12-4-2-3-5-13(12)19-9-15-16-11-7-6-10(17)8-14(11)20-15/h2-8,17H,9H2,1H3. The fraction of sp³-hybridized carbons (Fsp3) is 0.133. The second-order valence-electron chi connectivity index (χ2n) is 4.20. The molecule has 0 spiro atoms. The van der Waals surface area contributed by atoms with Crippen molar-refractivity contribution in [3.63, 3.8) is 0 Å². The van der Waals surface area contributed by atoms with Gasteiger partial charge in [0.2, 0.25) is 5.89 Å². The lowest BCUT2D eigenvalue weighted by Crippen LogP contribution is -1.97. The van der Waals surface area contributed by atoms with E-state index in [1.54, 1.807) is 19.2 Å². The molecule has 0 fully saturated rings. The third-order valence-electron chi connectivity index (χ3n) is 2.84. The highest BCUT2D eigenvalue weighted by Crippen LogP contribution is 2.27. The van der Waals surface area contributed by atoms with Crippen molar-refractivity contribution in [2.24, 2.45) is 0 Å². The first kappa shape index (κ1) is 12.3. The van der Waals surface area contributed by atoms with Crippen molar-refractivity contribution in [1.82, 2.24) is 4.98 Å². The number of phenolic OH excluding ortho intramolecular Hbond substituents is 1. The van der Waals surface area contributed by atoms with E-state index < -0.39 is 0 Å². The van der Waals surface area contributed by atoms with Crippen LogP contribution in [0.5, 0.6) is 17.2 Å². The van der Waals surface area contributed by atoms with Crippen molar-refractivity contribution in [3.05, 3.63) is 48.4 Å². The van der Waals surface area contributed by atoms with Crippen molar-refractivity contribution >= 4 is 11.1 Å². The predicted octanol–water partition coefficient (Wildman–Crippen LogP) is 3.12. The smallest absolute Gasteiger partial charge is 0.233 e. The van der Waals surface area contributed by atoms with Gasteiger partial charge in [0.1, 0.15) is 11.3 Å². The SMILES string of the molecule is COc1ccccc1OCc1nc2ccc(O)cc2o1. The summed E-state index contributed by atoms with van der Waals surface area (Å²) in [6, 6.07) is 12.1. The zero-order valence-corrected chi connectivity index (χ0v) is 10.9. The number of para-hydroxylation sites is 2. The highest BCUT2D eigenvalue weighted by molar-refractivity contribution is 5.74. The molecule has 5 nitrogen and oxygen atoms in total. The Labute approximate surface area is 115 Å². The Bertz CT molecular complexity index is 736. The van der Waals surface area contributed by atoms with E-state index >= 15 is 0 Å². The fourth-order valence-corrected chi connectivity index (χ4v) is 1.90. The molecule has 0 atom stereocenters. The molecule has 5 heteroatoms. The summed E-state index contributed by atoms with van der Waals surface area (Å²) in [4.78, 5) is 4.28. The maximum absolute atomic E-state index is 9.38. The number of aromatic hydroxyl groups is 1. The van der Waals surface area contributed by atoms with E-state index in [0.717, 1.165) is 0 Å². The lowest BCUT2D eigenvalue weighted by molar-refractivity contribution is 0.253. The molecule has 0 aliphatic rings. The molecule has 1 heterocycles. The van der Waals surface area contributed by atoms with Gasteiger partial charge in [-0.2, -0.15) is 0 Å². The Balaban J connectivity index is 1.79. The zero-order chi connectivity index (χ0) is 13.9. The van der Waals surface area contributed by atoms with Crippen molar-refractivity contribution in [3.8, 4) is 17.2 Å². The maximum Gasteiger partial charge on any atom is 0.233 e. The van der Waals surface area contributed by atoms with E-state index in [-0.39, 0.29) is 12.4 Å². The highest BCUT2D eigenvalue weighted by atomic mass is 16.5. The predicted molar refractivity (Wildman–Crippen MR) is 73.0 cm³/mol. The molecule has 3 aromatic rings. The van der Waals surface area contributed by atoms with Crippen molar-refractivity contribution in [2.75, 3.05) is 7.11 Å². The van der Waals surface area contributed by atoms with Crippen LogP contribution < -0.4 is 9.47 Å². The van der Waals surface area contributed by atoms with Crippen LogP contribution in [0.2, 0.25) is 0 Å². The second kappa shape index (κ2) is 5.13. The molecule has 20 heavy (non-hydrogen) atoms. The third kappa shape index (κ3) is 2.38. The van der Waals surface area contributed by atoms with Gasteiger partial charge in [-0.3, -0.25) is 0 Å². The Hall–Kier alpha value is -2.69. The summed E-state index contributed by atoms with van der Waals surface area (Å²) in [7, 11) is 1.59. The zero-order valence-electron chi connectivity index (χ0n) is 10.9. The summed E-state index contributed by atoms with van der Waals surface area (Å²) in [6.45, 7) is 0.190. The van der Waals surface area contributed by atoms with Crippen molar-refractivity contribution < 1.29 is 19.0 Å². The summed E-state index contributed by atoms with van der Waals surface area (Å²) in [5, 5.41) is 9.38. The summed E-state index contributed by atoms with van der Waals surface area (Å²) in [5.74, 6) is 1.86. The Morgan fingerprint density at radius 1 is 1.15 bits per heavy atom. The first-order chi connectivity index (χ1) is 9.76. The van der Waals surface area contributed by atoms with Crippen molar-refractivity contribution in [2.45, 2.75) is 6.61 Å². The topological polar surface area (TPSA) is 64.7 Å². The van der Waals surface area contributed by atoms with Gasteiger partial charge < -0.3 is 19.0 Å². The van der Waals surface area contributed by atoms with Gasteiger partial charge in [0.15, 0.2) is 23.7 Å². The number of benzene rings is 2. The molecule has 2 aromatic carbocycles. The summed E-state index contributed by atoms with van der Waals surface area (Å²) >= 11 is 0. The number of ether oxygens (including phenoxy) is 2. The van der Waals surface area contributed by atoms with E-state index in [0.29, 0.717) is 28.5 Å². The number of hydrogen-bond donors (Lipinski definition) is 1. The fourth-order valence-electron chi connectivity index (χ4n) is 1.90. The lowest BCUT2D eigenvalue weighted by Gasteiger charge is -2.08. The van der Waals surface area contributed by atoms with Crippen LogP contribution in [-0.4, -0.2) is 17.2 Å². The molecule has 0 saturated heterocycles. The summed E-state index contributed by atoms with van der Waals surface area (Å²) < 4.78 is 16.3. The van der Waals surface area contributed by atoms with Gasteiger partial charge in [-0.15, -0.1) is 0 Å². The largest absolute Gasteiger partial charge is 0.508 e. The van der Waals surface area contributed by atoms with E-state index in [1.165, 1.54) is 6.07 Å². The van der Waals surface area contributed by atoms with E-state index in [1.807, 2.05) is 24.3 Å². The van der Waals surface area contributed by atoms with Gasteiger partial charge in [-0.1, -0.05) is 12.1 Å². The molecule has 0 aliphatic heterocycles. The number of phenols is 1.